The van der Waals surface area contributed by atoms with E-state index in [1.807, 2.05) is 0 Å². The molecule has 1 fully saturated rings. The van der Waals surface area contributed by atoms with E-state index in [0.717, 1.165) is 32.2 Å². The van der Waals surface area contributed by atoms with E-state index in [1.165, 1.54) is 24.0 Å². The van der Waals surface area contributed by atoms with E-state index in [2.05, 4.69) is 36.1 Å². The summed E-state index contributed by atoms with van der Waals surface area (Å²) in [6.45, 7) is 5.06. The van der Waals surface area contributed by atoms with Gasteiger partial charge >= 0.3 is 0 Å². The molecule has 19 heavy (non-hydrogen) atoms. The third-order valence-corrected chi connectivity index (χ3v) is 3.96. The minimum atomic E-state index is 0.144. The minimum absolute atomic E-state index is 0.144. The molecule has 3 nitrogen and oxygen atoms in total. The maximum absolute atomic E-state index is 6.34. The van der Waals surface area contributed by atoms with Crippen LogP contribution < -0.4 is 5.73 Å². The third-order valence-electron chi connectivity index (χ3n) is 3.96. The van der Waals surface area contributed by atoms with Gasteiger partial charge in [-0.05, 0) is 37.3 Å². The lowest BCUT2D eigenvalue weighted by Gasteiger charge is -2.24. The molecule has 0 amide bonds. The number of nitrogens with two attached hydrogens (primary N) is 1. The molecule has 1 aromatic carbocycles. The maximum atomic E-state index is 6.34. The summed E-state index contributed by atoms with van der Waals surface area (Å²) in [4.78, 5) is 2.53. The fourth-order valence-electron chi connectivity index (χ4n) is 2.59. The van der Waals surface area contributed by atoms with Crippen molar-refractivity contribution in [3.05, 3.63) is 35.4 Å². The van der Waals surface area contributed by atoms with E-state index in [-0.39, 0.29) is 6.04 Å². The van der Waals surface area contributed by atoms with Gasteiger partial charge in [0.15, 0.2) is 0 Å². The molecule has 0 heterocycles. The summed E-state index contributed by atoms with van der Waals surface area (Å²) in [5.41, 5.74) is 8.91. The molecule has 0 radical (unpaired) electrons. The second kappa shape index (κ2) is 7.04. The number of hydrogen-bond donors (Lipinski definition) is 1. The molecule has 0 bridgehead atoms. The fraction of sp³-hybridized carbons (Fsp3) is 0.625. The zero-order chi connectivity index (χ0) is 13.7. The molecule has 0 aromatic heterocycles. The van der Waals surface area contributed by atoms with Gasteiger partial charge in [-0.2, -0.15) is 0 Å². The van der Waals surface area contributed by atoms with Crippen LogP contribution >= 0.6 is 0 Å². The molecule has 1 aromatic rings. The minimum Gasteiger partial charge on any atom is -0.383 e. The van der Waals surface area contributed by atoms with Crippen LogP contribution in [0.2, 0.25) is 0 Å². The molecule has 106 valence electrons. The van der Waals surface area contributed by atoms with Crippen LogP contribution in [-0.2, 0) is 4.74 Å². The Hall–Kier alpha value is -0.900. The molecular formula is C16H26N2O. The molecule has 1 atom stereocenters. The lowest BCUT2D eigenvalue weighted by molar-refractivity contribution is 0.141. The average Bonchev–Trinajstić information content (AvgIpc) is 3.23. The zero-order valence-corrected chi connectivity index (χ0v) is 12.1. The highest BCUT2D eigenvalue weighted by molar-refractivity contribution is 5.28. The lowest BCUT2D eigenvalue weighted by atomic mass is 9.99. The molecule has 0 aliphatic heterocycles. The van der Waals surface area contributed by atoms with Gasteiger partial charge in [0.1, 0.15) is 0 Å². The van der Waals surface area contributed by atoms with E-state index >= 15 is 0 Å². The van der Waals surface area contributed by atoms with E-state index < -0.39 is 0 Å². The molecule has 0 spiro atoms. The van der Waals surface area contributed by atoms with Gasteiger partial charge in [0.25, 0.3) is 0 Å². The van der Waals surface area contributed by atoms with Crippen LogP contribution in [0.5, 0.6) is 0 Å². The Morgan fingerprint density at radius 2 is 2.05 bits per heavy atom. The number of benzene rings is 1. The SMILES string of the molecule is COCCN(CCC(N)c1ccccc1C)C1CC1. The van der Waals surface area contributed by atoms with Crippen molar-refractivity contribution in [2.75, 3.05) is 26.8 Å². The van der Waals surface area contributed by atoms with Crippen LogP contribution in [0.25, 0.3) is 0 Å². The quantitative estimate of drug-likeness (QED) is 0.782. The Morgan fingerprint density at radius 3 is 2.68 bits per heavy atom. The summed E-state index contributed by atoms with van der Waals surface area (Å²) in [5, 5.41) is 0. The van der Waals surface area contributed by atoms with Crippen molar-refractivity contribution in [3.63, 3.8) is 0 Å². The molecular weight excluding hydrogens is 236 g/mol. The molecule has 0 saturated heterocycles. The van der Waals surface area contributed by atoms with Crippen molar-refractivity contribution in [1.82, 2.24) is 4.90 Å². The monoisotopic (exact) mass is 262 g/mol. The zero-order valence-electron chi connectivity index (χ0n) is 12.1. The highest BCUT2D eigenvalue weighted by Gasteiger charge is 2.28. The number of aryl methyl sites for hydroxylation is 1. The van der Waals surface area contributed by atoms with Gasteiger partial charge in [-0.3, -0.25) is 4.90 Å². The molecule has 1 aliphatic rings. The topological polar surface area (TPSA) is 38.5 Å². The number of rotatable bonds is 8. The normalized spacial score (nSPS) is 16.8. The van der Waals surface area contributed by atoms with E-state index in [9.17, 15) is 0 Å². The summed E-state index contributed by atoms with van der Waals surface area (Å²) >= 11 is 0. The predicted molar refractivity (Wildman–Crippen MR) is 79.2 cm³/mol. The van der Waals surface area contributed by atoms with Crippen LogP contribution in [0.4, 0.5) is 0 Å². The van der Waals surface area contributed by atoms with Gasteiger partial charge in [0, 0.05) is 32.3 Å². The molecule has 3 heteroatoms. The Balaban J connectivity index is 1.84. The largest absolute Gasteiger partial charge is 0.383 e. The first-order valence-corrected chi connectivity index (χ1v) is 7.26. The van der Waals surface area contributed by atoms with Gasteiger partial charge in [-0.1, -0.05) is 24.3 Å². The van der Waals surface area contributed by atoms with Crippen molar-refractivity contribution in [1.29, 1.82) is 0 Å². The summed E-state index contributed by atoms with van der Waals surface area (Å²) in [6, 6.07) is 9.35. The molecule has 1 unspecified atom stereocenters. The van der Waals surface area contributed by atoms with Gasteiger partial charge in [-0.25, -0.2) is 0 Å². The summed E-state index contributed by atoms with van der Waals surface area (Å²) in [6.07, 6.45) is 3.69. The van der Waals surface area contributed by atoms with E-state index in [0.29, 0.717) is 0 Å². The first-order chi connectivity index (χ1) is 9.22. The average molecular weight is 262 g/mol. The first kappa shape index (κ1) is 14.5. The van der Waals surface area contributed by atoms with Crippen molar-refractivity contribution in [3.8, 4) is 0 Å². The van der Waals surface area contributed by atoms with Crippen LogP contribution in [0.3, 0.4) is 0 Å². The summed E-state index contributed by atoms with van der Waals surface area (Å²) in [5.74, 6) is 0. The Labute approximate surface area is 116 Å². The number of methoxy groups -OCH3 is 1. The van der Waals surface area contributed by atoms with Crippen molar-refractivity contribution < 1.29 is 4.74 Å². The standard InChI is InChI=1S/C16H26N2O/c1-13-5-3-4-6-15(13)16(17)9-10-18(11-12-19-2)14-7-8-14/h3-6,14,16H,7-12,17H2,1-2H3. The Morgan fingerprint density at radius 1 is 1.32 bits per heavy atom. The van der Waals surface area contributed by atoms with E-state index in [1.54, 1.807) is 7.11 Å². The van der Waals surface area contributed by atoms with Crippen LogP contribution in [-0.4, -0.2) is 37.7 Å². The van der Waals surface area contributed by atoms with Crippen LogP contribution in [0.15, 0.2) is 24.3 Å². The third kappa shape index (κ3) is 4.30. The molecule has 1 aliphatic carbocycles. The van der Waals surface area contributed by atoms with Crippen molar-refractivity contribution in [2.45, 2.75) is 38.3 Å². The van der Waals surface area contributed by atoms with Crippen LogP contribution in [0, 0.1) is 6.92 Å². The molecule has 2 rings (SSSR count). The second-order valence-electron chi connectivity index (χ2n) is 5.51. The Bertz CT molecular complexity index is 390. The molecule has 2 N–H and O–H groups in total. The smallest absolute Gasteiger partial charge is 0.0589 e. The summed E-state index contributed by atoms with van der Waals surface area (Å²) < 4.78 is 5.19. The second-order valence-corrected chi connectivity index (χ2v) is 5.51. The number of ether oxygens (including phenoxy) is 1. The van der Waals surface area contributed by atoms with Gasteiger partial charge < -0.3 is 10.5 Å². The number of hydrogen-bond acceptors (Lipinski definition) is 3. The first-order valence-electron chi connectivity index (χ1n) is 7.26. The number of nitrogens with zero attached hydrogens (tertiary/aromatic N) is 1. The predicted octanol–water partition coefficient (Wildman–Crippen LogP) is 2.50. The maximum Gasteiger partial charge on any atom is 0.0589 e. The van der Waals surface area contributed by atoms with Gasteiger partial charge in [0.2, 0.25) is 0 Å². The Kier molecular flexibility index (Phi) is 5.37. The highest BCUT2D eigenvalue weighted by Crippen LogP contribution is 2.28. The highest BCUT2D eigenvalue weighted by atomic mass is 16.5. The van der Waals surface area contributed by atoms with Gasteiger partial charge in [-0.15, -0.1) is 0 Å². The lowest BCUT2D eigenvalue weighted by Crippen LogP contribution is -2.32. The van der Waals surface area contributed by atoms with Gasteiger partial charge in [0.05, 0.1) is 6.61 Å². The van der Waals surface area contributed by atoms with E-state index in [4.69, 9.17) is 10.5 Å². The summed E-state index contributed by atoms with van der Waals surface area (Å²) in [7, 11) is 1.77. The van der Waals surface area contributed by atoms with Crippen LogP contribution in [0.1, 0.15) is 36.4 Å². The van der Waals surface area contributed by atoms with Crippen molar-refractivity contribution >= 4 is 0 Å². The fourth-order valence-corrected chi connectivity index (χ4v) is 2.59. The molecule has 1 saturated carbocycles. The van der Waals surface area contributed by atoms with Crippen molar-refractivity contribution in [2.24, 2.45) is 5.73 Å².